The van der Waals surface area contributed by atoms with Gasteiger partial charge >= 0.3 is 0 Å². The standard InChI is InChI=1S/C19H18N2O2S2/c22-18(20-14-9-10-23-16-7-3-1-5-13(14)16)11-24-12-19-21-15-6-2-4-8-17(15)25-19/h1-8,14H,9-12H2,(H,20,22). The lowest BCUT2D eigenvalue weighted by Gasteiger charge is -2.26. The third-order valence-electron chi connectivity index (χ3n) is 4.09. The summed E-state index contributed by atoms with van der Waals surface area (Å²) < 4.78 is 6.84. The molecule has 0 spiro atoms. The molecule has 1 aromatic heterocycles. The van der Waals surface area contributed by atoms with Gasteiger partial charge in [0.05, 0.1) is 28.6 Å². The molecule has 1 atom stereocenters. The number of benzene rings is 2. The van der Waals surface area contributed by atoms with Crippen LogP contribution < -0.4 is 10.1 Å². The fraction of sp³-hybridized carbons (Fsp3) is 0.263. The molecule has 4 nitrogen and oxygen atoms in total. The fourth-order valence-electron chi connectivity index (χ4n) is 2.94. The van der Waals surface area contributed by atoms with Gasteiger partial charge in [0.15, 0.2) is 0 Å². The Balaban J connectivity index is 1.31. The average molecular weight is 370 g/mol. The number of nitrogens with zero attached hydrogens (tertiary/aromatic N) is 1. The topological polar surface area (TPSA) is 51.2 Å². The van der Waals surface area contributed by atoms with Crippen molar-refractivity contribution in [2.45, 2.75) is 18.2 Å². The molecule has 0 aliphatic carbocycles. The van der Waals surface area contributed by atoms with Crippen LogP contribution in [0.2, 0.25) is 0 Å². The Morgan fingerprint density at radius 1 is 1.24 bits per heavy atom. The molecule has 1 aliphatic rings. The second-order valence-corrected chi connectivity index (χ2v) is 7.96. The van der Waals surface area contributed by atoms with Crippen LogP contribution in [0.1, 0.15) is 23.0 Å². The maximum atomic E-state index is 12.3. The van der Waals surface area contributed by atoms with Crippen LogP contribution in [0, 0.1) is 0 Å². The minimum Gasteiger partial charge on any atom is -0.493 e. The van der Waals surface area contributed by atoms with E-state index in [0.717, 1.165) is 34.0 Å². The zero-order valence-electron chi connectivity index (χ0n) is 13.6. The van der Waals surface area contributed by atoms with E-state index >= 15 is 0 Å². The molecule has 0 saturated heterocycles. The van der Waals surface area contributed by atoms with Crippen molar-refractivity contribution < 1.29 is 9.53 Å². The van der Waals surface area contributed by atoms with E-state index in [9.17, 15) is 4.79 Å². The maximum absolute atomic E-state index is 12.3. The first-order valence-electron chi connectivity index (χ1n) is 8.23. The van der Waals surface area contributed by atoms with Gasteiger partial charge in [0.1, 0.15) is 10.8 Å². The number of carbonyl (C=O) groups is 1. The minimum atomic E-state index is 0.0421. The number of fused-ring (bicyclic) bond motifs is 2. The fourth-order valence-corrected chi connectivity index (χ4v) is 4.80. The molecular formula is C19H18N2O2S2. The summed E-state index contributed by atoms with van der Waals surface area (Å²) in [4.78, 5) is 16.9. The highest BCUT2D eigenvalue weighted by Crippen LogP contribution is 2.31. The van der Waals surface area contributed by atoms with Crippen LogP contribution in [0.3, 0.4) is 0 Å². The lowest BCUT2D eigenvalue weighted by atomic mass is 10.0. The molecule has 0 bridgehead atoms. The number of nitrogens with one attached hydrogen (secondary N) is 1. The van der Waals surface area contributed by atoms with E-state index in [0.29, 0.717) is 12.4 Å². The molecule has 3 aromatic rings. The first kappa shape index (κ1) is 16.4. The molecule has 1 aliphatic heterocycles. The summed E-state index contributed by atoms with van der Waals surface area (Å²) in [5.74, 6) is 2.14. The van der Waals surface area contributed by atoms with Crippen molar-refractivity contribution in [1.82, 2.24) is 10.3 Å². The smallest absolute Gasteiger partial charge is 0.230 e. The molecule has 2 aromatic carbocycles. The molecule has 25 heavy (non-hydrogen) atoms. The van der Waals surface area contributed by atoms with Crippen molar-refractivity contribution >= 4 is 39.2 Å². The van der Waals surface area contributed by atoms with Gasteiger partial charge in [0.25, 0.3) is 0 Å². The van der Waals surface area contributed by atoms with Crippen molar-refractivity contribution in [3.8, 4) is 5.75 Å². The van der Waals surface area contributed by atoms with Crippen LogP contribution in [0.4, 0.5) is 0 Å². The average Bonchev–Trinajstić information content (AvgIpc) is 3.05. The summed E-state index contributed by atoms with van der Waals surface area (Å²) in [7, 11) is 0. The van der Waals surface area contributed by atoms with Gasteiger partial charge in [-0.3, -0.25) is 4.79 Å². The van der Waals surface area contributed by atoms with Crippen LogP contribution in [-0.2, 0) is 10.5 Å². The number of hydrogen-bond donors (Lipinski definition) is 1. The van der Waals surface area contributed by atoms with E-state index in [2.05, 4.69) is 16.4 Å². The van der Waals surface area contributed by atoms with Crippen LogP contribution in [-0.4, -0.2) is 23.3 Å². The number of para-hydroxylation sites is 2. The van der Waals surface area contributed by atoms with Gasteiger partial charge in [-0.15, -0.1) is 23.1 Å². The normalized spacial score (nSPS) is 16.2. The Morgan fingerprint density at radius 2 is 2.08 bits per heavy atom. The lowest BCUT2D eigenvalue weighted by Crippen LogP contribution is -2.33. The minimum absolute atomic E-state index is 0.0421. The van der Waals surface area contributed by atoms with E-state index in [1.54, 1.807) is 23.1 Å². The molecule has 128 valence electrons. The second kappa shape index (κ2) is 7.45. The molecule has 6 heteroatoms. The third-order valence-corrected chi connectivity index (χ3v) is 6.25. The van der Waals surface area contributed by atoms with Crippen molar-refractivity contribution in [1.29, 1.82) is 0 Å². The number of aromatic nitrogens is 1. The highest BCUT2D eigenvalue weighted by molar-refractivity contribution is 7.99. The molecule has 1 amide bonds. The number of thioether (sulfide) groups is 1. The third kappa shape index (κ3) is 3.80. The molecule has 0 fully saturated rings. The highest BCUT2D eigenvalue weighted by atomic mass is 32.2. The second-order valence-electron chi connectivity index (χ2n) is 5.86. The zero-order valence-corrected chi connectivity index (χ0v) is 15.2. The van der Waals surface area contributed by atoms with Gasteiger partial charge < -0.3 is 10.1 Å². The number of rotatable bonds is 5. The van der Waals surface area contributed by atoms with E-state index in [-0.39, 0.29) is 11.9 Å². The number of thiazole rings is 1. The quantitative estimate of drug-likeness (QED) is 0.732. The number of carbonyl (C=O) groups excluding carboxylic acids is 1. The van der Waals surface area contributed by atoms with Crippen LogP contribution in [0.5, 0.6) is 5.75 Å². The Kier molecular flexibility index (Phi) is 4.90. The Hall–Kier alpha value is -2.05. The molecule has 2 heterocycles. The SMILES string of the molecule is O=C(CSCc1nc2ccccc2s1)NC1CCOc2ccccc21. The predicted octanol–water partition coefficient (Wildman–Crippen LogP) is 4.17. The van der Waals surface area contributed by atoms with Crippen LogP contribution in [0.15, 0.2) is 48.5 Å². The zero-order chi connectivity index (χ0) is 17.1. The summed E-state index contributed by atoms with van der Waals surface area (Å²) in [6.07, 6.45) is 0.811. The monoisotopic (exact) mass is 370 g/mol. The van der Waals surface area contributed by atoms with Gasteiger partial charge in [0.2, 0.25) is 5.91 Å². The molecule has 1 N–H and O–H groups in total. The Labute approximate surface area is 154 Å². The first-order valence-corrected chi connectivity index (χ1v) is 10.2. The molecule has 4 rings (SSSR count). The number of hydrogen-bond acceptors (Lipinski definition) is 5. The van der Waals surface area contributed by atoms with Gasteiger partial charge in [-0.1, -0.05) is 30.3 Å². The summed E-state index contributed by atoms with van der Waals surface area (Å²) in [6.45, 7) is 0.640. The van der Waals surface area contributed by atoms with Gasteiger partial charge in [-0.2, -0.15) is 0 Å². The number of ether oxygens (including phenoxy) is 1. The molecular weight excluding hydrogens is 352 g/mol. The summed E-state index contributed by atoms with van der Waals surface area (Å²) in [6, 6.07) is 16.1. The highest BCUT2D eigenvalue weighted by Gasteiger charge is 2.22. The van der Waals surface area contributed by atoms with Crippen molar-refractivity contribution in [3.05, 3.63) is 59.1 Å². The van der Waals surface area contributed by atoms with Gasteiger partial charge in [-0.25, -0.2) is 4.98 Å². The van der Waals surface area contributed by atoms with E-state index in [4.69, 9.17) is 4.74 Å². The van der Waals surface area contributed by atoms with E-state index in [1.165, 1.54) is 4.70 Å². The van der Waals surface area contributed by atoms with Gasteiger partial charge in [-0.05, 0) is 18.2 Å². The summed E-state index contributed by atoms with van der Waals surface area (Å²) in [5, 5.41) is 4.20. The Bertz CT molecular complexity index is 861. The van der Waals surface area contributed by atoms with Crippen molar-refractivity contribution in [2.24, 2.45) is 0 Å². The van der Waals surface area contributed by atoms with Crippen molar-refractivity contribution in [2.75, 3.05) is 12.4 Å². The summed E-state index contributed by atoms with van der Waals surface area (Å²) in [5.41, 5.74) is 2.10. The summed E-state index contributed by atoms with van der Waals surface area (Å²) >= 11 is 3.30. The van der Waals surface area contributed by atoms with Crippen LogP contribution >= 0.6 is 23.1 Å². The largest absolute Gasteiger partial charge is 0.493 e. The molecule has 1 unspecified atom stereocenters. The maximum Gasteiger partial charge on any atom is 0.230 e. The van der Waals surface area contributed by atoms with E-state index < -0.39 is 0 Å². The molecule has 0 radical (unpaired) electrons. The van der Waals surface area contributed by atoms with Crippen LogP contribution in [0.25, 0.3) is 10.2 Å². The van der Waals surface area contributed by atoms with Gasteiger partial charge in [0, 0.05) is 17.7 Å². The Morgan fingerprint density at radius 3 is 3.00 bits per heavy atom. The number of amides is 1. The molecule has 0 saturated carbocycles. The van der Waals surface area contributed by atoms with E-state index in [1.807, 2.05) is 42.5 Å². The predicted molar refractivity (Wildman–Crippen MR) is 103 cm³/mol. The van der Waals surface area contributed by atoms with Crippen molar-refractivity contribution in [3.63, 3.8) is 0 Å². The first-order chi connectivity index (χ1) is 12.3. The lowest BCUT2D eigenvalue weighted by molar-refractivity contribution is -0.119.